The predicted molar refractivity (Wildman–Crippen MR) is 72.8 cm³/mol. The van der Waals surface area contributed by atoms with Crippen molar-refractivity contribution < 1.29 is 20.4 Å². The standard InChI is InChI=1S/C14H15BrO4/c1-8(16)18-13-7-12(15)10-5-3-4-6-11(10)14(13)19-9(2)17/h3-6,12-14H,7H2,1-2H3/t12?,13-,14-/m0/s1/i13D. The van der Waals surface area contributed by atoms with E-state index in [0.717, 1.165) is 5.56 Å². The number of alkyl halides is 1. The summed E-state index contributed by atoms with van der Waals surface area (Å²) in [7, 11) is 0. The molecule has 0 fully saturated rings. The highest BCUT2D eigenvalue weighted by Gasteiger charge is 2.37. The number of hydrogen-bond acceptors (Lipinski definition) is 4. The van der Waals surface area contributed by atoms with Crippen LogP contribution in [0.2, 0.25) is 0 Å². The summed E-state index contributed by atoms with van der Waals surface area (Å²) in [6.07, 6.45) is -2.34. The van der Waals surface area contributed by atoms with Gasteiger partial charge in [-0.25, -0.2) is 0 Å². The van der Waals surface area contributed by atoms with E-state index in [-0.39, 0.29) is 11.2 Å². The molecule has 0 aromatic heterocycles. The number of hydrogen-bond donors (Lipinski definition) is 0. The van der Waals surface area contributed by atoms with E-state index < -0.39 is 24.1 Å². The Bertz CT molecular complexity index is 548. The minimum Gasteiger partial charge on any atom is -0.458 e. The number of carbonyl (C=O) groups excluding carboxylic acids is 2. The average Bonchev–Trinajstić information content (AvgIpc) is 2.33. The van der Waals surface area contributed by atoms with Crippen LogP contribution in [0.4, 0.5) is 0 Å². The fourth-order valence-corrected chi connectivity index (χ4v) is 2.91. The molecule has 2 rings (SSSR count). The molecule has 0 saturated carbocycles. The van der Waals surface area contributed by atoms with Crippen LogP contribution in [-0.4, -0.2) is 18.0 Å². The Morgan fingerprint density at radius 2 is 1.79 bits per heavy atom. The molecule has 5 heteroatoms. The van der Waals surface area contributed by atoms with Crippen LogP contribution < -0.4 is 0 Å². The molecular weight excluding hydrogens is 312 g/mol. The second-order valence-corrected chi connectivity index (χ2v) is 5.46. The van der Waals surface area contributed by atoms with Gasteiger partial charge in [0.25, 0.3) is 0 Å². The number of halogens is 1. The first-order valence-corrected chi connectivity index (χ1v) is 6.85. The van der Waals surface area contributed by atoms with E-state index >= 15 is 0 Å². The molecule has 102 valence electrons. The lowest BCUT2D eigenvalue weighted by molar-refractivity contribution is -0.167. The van der Waals surface area contributed by atoms with Crippen LogP contribution in [-0.2, 0) is 19.1 Å². The van der Waals surface area contributed by atoms with Gasteiger partial charge in [-0.2, -0.15) is 0 Å². The molecular formula is C14H15BrO4. The van der Waals surface area contributed by atoms with Gasteiger partial charge in [-0.05, 0) is 5.56 Å². The molecule has 0 spiro atoms. The Hall–Kier alpha value is -1.36. The lowest BCUT2D eigenvalue weighted by Gasteiger charge is -2.34. The monoisotopic (exact) mass is 327 g/mol. The van der Waals surface area contributed by atoms with Gasteiger partial charge in [0, 0.05) is 30.7 Å². The largest absolute Gasteiger partial charge is 0.458 e. The van der Waals surface area contributed by atoms with Crippen molar-refractivity contribution in [3.8, 4) is 0 Å². The zero-order valence-corrected chi connectivity index (χ0v) is 12.3. The number of fused-ring (bicyclic) bond motifs is 1. The Morgan fingerprint density at radius 1 is 1.21 bits per heavy atom. The molecule has 0 bridgehead atoms. The van der Waals surface area contributed by atoms with Crippen LogP contribution >= 0.6 is 15.9 Å². The van der Waals surface area contributed by atoms with Gasteiger partial charge >= 0.3 is 11.9 Å². The number of benzene rings is 1. The summed E-state index contributed by atoms with van der Waals surface area (Å²) in [6, 6.07) is 7.36. The number of carbonyl (C=O) groups is 2. The first-order valence-electron chi connectivity index (χ1n) is 6.43. The zero-order chi connectivity index (χ0) is 14.9. The highest BCUT2D eigenvalue weighted by atomic mass is 79.9. The highest BCUT2D eigenvalue weighted by molar-refractivity contribution is 9.09. The second kappa shape index (κ2) is 5.74. The van der Waals surface area contributed by atoms with Crippen molar-refractivity contribution in [1.82, 2.24) is 0 Å². The summed E-state index contributed by atoms with van der Waals surface area (Å²) < 4.78 is 18.8. The minimum atomic E-state index is -1.62. The third-order valence-electron chi connectivity index (χ3n) is 2.85. The minimum absolute atomic E-state index is 0.137. The van der Waals surface area contributed by atoms with Gasteiger partial charge in [0.05, 0.1) is 1.37 Å². The van der Waals surface area contributed by atoms with E-state index in [0.29, 0.717) is 5.56 Å². The van der Waals surface area contributed by atoms with Crippen molar-refractivity contribution in [1.29, 1.82) is 0 Å². The first kappa shape index (κ1) is 12.7. The van der Waals surface area contributed by atoms with Gasteiger partial charge < -0.3 is 9.47 Å². The van der Waals surface area contributed by atoms with Crippen LogP contribution in [0.1, 0.15) is 43.7 Å². The molecule has 1 unspecified atom stereocenters. The predicted octanol–water partition coefficient (Wildman–Crippen LogP) is 3.06. The van der Waals surface area contributed by atoms with Crippen LogP contribution in [0.3, 0.4) is 0 Å². The quantitative estimate of drug-likeness (QED) is 0.618. The Labute approximate surface area is 121 Å². The topological polar surface area (TPSA) is 52.6 Å². The highest BCUT2D eigenvalue weighted by Crippen LogP contribution is 2.43. The Balaban J connectivity index is 2.49. The SMILES string of the molecule is [2H][C@]1(OC(C)=O)CC(Br)c2ccccc2[C@@H]1OC(C)=O. The number of ether oxygens (including phenoxy) is 2. The number of esters is 2. The maximum absolute atomic E-state index is 11.3. The fourth-order valence-electron chi connectivity index (χ4n) is 2.18. The Morgan fingerprint density at radius 3 is 2.37 bits per heavy atom. The van der Waals surface area contributed by atoms with Gasteiger partial charge in [0.15, 0.2) is 6.10 Å². The van der Waals surface area contributed by atoms with Crippen molar-refractivity contribution in [3.63, 3.8) is 0 Å². The molecule has 1 aliphatic rings. The summed E-state index contributed by atoms with van der Waals surface area (Å²) in [4.78, 5) is 22.5. The maximum atomic E-state index is 11.3. The second-order valence-electron chi connectivity index (χ2n) is 4.35. The molecule has 0 aliphatic heterocycles. The van der Waals surface area contributed by atoms with E-state index in [1.807, 2.05) is 12.1 Å². The van der Waals surface area contributed by atoms with Crippen molar-refractivity contribution in [2.75, 3.05) is 0 Å². The molecule has 0 saturated heterocycles. The van der Waals surface area contributed by atoms with Gasteiger partial charge in [-0.1, -0.05) is 40.2 Å². The molecule has 0 N–H and O–H groups in total. The van der Waals surface area contributed by atoms with Crippen molar-refractivity contribution in [2.24, 2.45) is 0 Å². The van der Waals surface area contributed by atoms with E-state index in [1.165, 1.54) is 13.8 Å². The van der Waals surface area contributed by atoms with Crippen LogP contribution in [0, 0.1) is 0 Å². The summed E-state index contributed by atoms with van der Waals surface area (Å²) in [5.41, 5.74) is 1.63. The lowest BCUT2D eigenvalue weighted by Crippen LogP contribution is -2.33. The van der Waals surface area contributed by atoms with Crippen molar-refractivity contribution >= 4 is 27.9 Å². The van der Waals surface area contributed by atoms with Crippen LogP contribution in [0.15, 0.2) is 24.3 Å². The van der Waals surface area contributed by atoms with E-state index in [2.05, 4.69) is 15.9 Å². The molecule has 1 aliphatic carbocycles. The van der Waals surface area contributed by atoms with Crippen molar-refractivity contribution in [3.05, 3.63) is 35.4 Å². The molecule has 1 aromatic carbocycles. The lowest BCUT2D eigenvalue weighted by atomic mass is 9.87. The van der Waals surface area contributed by atoms with Gasteiger partial charge in [0.1, 0.15) is 6.08 Å². The summed E-state index contributed by atoms with van der Waals surface area (Å²) in [6.45, 7) is 2.52. The first-order chi connectivity index (χ1) is 9.33. The molecule has 4 nitrogen and oxygen atoms in total. The summed E-state index contributed by atoms with van der Waals surface area (Å²) in [5.74, 6) is -1.09. The third-order valence-corrected chi connectivity index (χ3v) is 3.66. The van der Waals surface area contributed by atoms with E-state index in [9.17, 15) is 9.59 Å². The van der Waals surface area contributed by atoms with Crippen molar-refractivity contribution in [2.45, 2.75) is 37.3 Å². The molecule has 0 amide bonds. The molecule has 1 aromatic rings. The molecule has 3 atom stereocenters. The van der Waals surface area contributed by atoms with Gasteiger partial charge in [0.2, 0.25) is 0 Å². The molecule has 0 heterocycles. The fraction of sp³-hybridized carbons (Fsp3) is 0.429. The summed E-state index contributed by atoms with van der Waals surface area (Å²) >= 11 is 3.49. The maximum Gasteiger partial charge on any atom is 0.303 e. The van der Waals surface area contributed by atoms with E-state index in [1.54, 1.807) is 12.1 Å². The van der Waals surface area contributed by atoms with Gasteiger partial charge in [-0.15, -0.1) is 0 Å². The average molecular weight is 328 g/mol. The van der Waals surface area contributed by atoms with Crippen LogP contribution in [0.25, 0.3) is 0 Å². The molecule has 0 radical (unpaired) electrons. The Kier molecular flexibility index (Phi) is 3.82. The number of rotatable bonds is 2. The summed E-state index contributed by atoms with van der Waals surface area (Å²) in [5, 5.41) is 0. The zero-order valence-electron chi connectivity index (χ0n) is 11.7. The van der Waals surface area contributed by atoms with Gasteiger partial charge in [-0.3, -0.25) is 9.59 Å². The smallest absolute Gasteiger partial charge is 0.303 e. The normalized spacial score (nSPS) is 29.9. The van der Waals surface area contributed by atoms with E-state index in [4.69, 9.17) is 10.8 Å². The molecule has 19 heavy (non-hydrogen) atoms. The third kappa shape index (κ3) is 3.15. The van der Waals surface area contributed by atoms with Crippen LogP contribution in [0.5, 0.6) is 0 Å².